The number of hydrogen-bond acceptors (Lipinski definition) is 6. The van der Waals surface area contributed by atoms with Gasteiger partial charge in [0.25, 0.3) is 5.91 Å². The number of para-hydroxylation sites is 2. The van der Waals surface area contributed by atoms with Crippen LogP contribution in [0.15, 0.2) is 36.4 Å². The third-order valence-corrected chi connectivity index (χ3v) is 5.10. The van der Waals surface area contributed by atoms with Crippen LogP contribution in [0.4, 0.5) is 11.4 Å². The van der Waals surface area contributed by atoms with Gasteiger partial charge in [0, 0.05) is 6.42 Å². The van der Waals surface area contributed by atoms with Crippen LogP contribution in [0.5, 0.6) is 0 Å². The molecule has 1 aliphatic rings. The number of fused-ring (bicyclic) bond motifs is 1. The molecule has 7 nitrogen and oxygen atoms in total. The standard InChI is InChI=1S/C18H15ClN2O5S/c19-15-7-6-14(27-15)13(22)5-8-18(25)26-10-17(24)21-9-16(23)20-11-3-1-2-4-12(11)21/h1-4,6-7H,5,8-10H2,(H,20,23). The number of rotatable bonds is 6. The van der Waals surface area contributed by atoms with Gasteiger partial charge in [-0.3, -0.25) is 24.1 Å². The highest BCUT2D eigenvalue weighted by molar-refractivity contribution is 7.18. The second-order valence-electron chi connectivity index (χ2n) is 5.73. The Hall–Kier alpha value is -2.71. The second-order valence-corrected chi connectivity index (χ2v) is 7.45. The van der Waals surface area contributed by atoms with Crippen LogP contribution in [0.25, 0.3) is 0 Å². The number of halogens is 1. The van der Waals surface area contributed by atoms with E-state index in [4.69, 9.17) is 16.3 Å². The van der Waals surface area contributed by atoms with Gasteiger partial charge in [-0.2, -0.15) is 0 Å². The Kier molecular flexibility index (Phi) is 5.88. The van der Waals surface area contributed by atoms with Crippen molar-refractivity contribution in [2.75, 3.05) is 23.4 Å². The number of nitrogens with zero attached hydrogens (tertiary/aromatic N) is 1. The fourth-order valence-corrected chi connectivity index (χ4v) is 3.56. The number of Topliss-reactive ketones (excluding diaryl/α,β-unsaturated/α-hetero) is 1. The van der Waals surface area contributed by atoms with Gasteiger partial charge in [-0.15, -0.1) is 11.3 Å². The van der Waals surface area contributed by atoms with E-state index < -0.39 is 18.5 Å². The molecule has 0 atom stereocenters. The molecule has 0 radical (unpaired) electrons. The predicted molar refractivity (Wildman–Crippen MR) is 101 cm³/mol. The van der Waals surface area contributed by atoms with Crippen LogP contribution in [0, 0.1) is 0 Å². The molecule has 9 heteroatoms. The minimum absolute atomic E-state index is 0.0289. The van der Waals surface area contributed by atoms with E-state index in [0.29, 0.717) is 20.6 Å². The third-order valence-electron chi connectivity index (χ3n) is 3.83. The molecule has 0 fully saturated rings. The first kappa shape index (κ1) is 19.1. The van der Waals surface area contributed by atoms with Gasteiger partial charge in [-0.1, -0.05) is 23.7 Å². The summed E-state index contributed by atoms with van der Waals surface area (Å²) in [6.07, 6.45) is -0.169. The van der Waals surface area contributed by atoms with Gasteiger partial charge >= 0.3 is 5.97 Å². The maximum Gasteiger partial charge on any atom is 0.306 e. The minimum Gasteiger partial charge on any atom is -0.456 e. The zero-order chi connectivity index (χ0) is 19.4. The van der Waals surface area contributed by atoms with E-state index >= 15 is 0 Å². The topological polar surface area (TPSA) is 92.8 Å². The molecule has 0 saturated heterocycles. The maximum atomic E-state index is 12.4. The Balaban J connectivity index is 1.51. The van der Waals surface area contributed by atoms with Crippen molar-refractivity contribution >= 4 is 57.9 Å². The molecule has 0 aliphatic carbocycles. The number of ketones is 1. The van der Waals surface area contributed by atoms with E-state index in [1.807, 2.05) is 0 Å². The van der Waals surface area contributed by atoms with Crippen LogP contribution in [0.2, 0.25) is 4.34 Å². The van der Waals surface area contributed by atoms with Gasteiger partial charge in [-0.05, 0) is 24.3 Å². The van der Waals surface area contributed by atoms with Crippen LogP contribution in [-0.4, -0.2) is 36.7 Å². The second kappa shape index (κ2) is 8.32. The fourth-order valence-electron chi connectivity index (χ4n) is 2.55. The van der Waals surface area contributed by atoms with Crippen LogP contribution in [0.3, 0.4) is 0 Å². The van der Waals surface area contributed by atoms with Crippen molar-refractivity contribution in [1.29, 1.82) is 0 Å². The van der Waals surface area contributed by atoms with E-state index in [1.54, 1.807) is 36.4 Å². The zero-order valence-electron chi connectivity index (χ0n) is 14.1. The van der Waals surface area contributed by atoms with Crippen molar-refractivity contribution in [3.63, 3.8) is 0 Å². The molecule has 140 valence electrons. The summed E-state index contributed by atoms with van der Waals surface area (Å²) in [5.74, 6) is -1.71. The average molecular weight is 407 g/mol. The summed E-state index contributed by atoms with van der Waals surface area (Å²) in [6.45, 7) is -0.648. The quantitative estimate of drug-likeness (QED) is 0.588. The molecule has 1 N–H and O–H groups in total. The lowest BCUT2D eigenvalue weighted by Crippen LogP contribution is -2.44. The summed E-state index contributed by atoms with van der Waals surface area (Å²) in [5, 5.41) is 2.67. The van der Waals surface area contributed by atoms with Crippen molar-refractivity contribution in [1.82, 2.24) is 0 Å². The molecular formula is C18H15ClN2O5S. The Morgan fingerprint density at radius 2 is 1.93 bits per heavy atom. The average Bonchev–Trinajstić information content (AvgIpc) is 3.09. The van der Waals surface area contributed by atoms with Gasteiger partial charge in [-0.25, -0.2) is 0 Å². The Morgan fingerprint density at radius 1 is 1.15 bits per heavy atom. The van der Waals surface area contributed by atoms with Crippen LogP contribution >= 0.6 is 22.9 Å². The van der Waals surface area contributed by atoms with Crippen LogP contribution in [-0.2, 0) is 19.1 Å². The van der Waals surface area contributed by atoms with Crippen LogP contribution < -0.4 is 10.2 Å². The lowest BCUT2D eigenvalue weighted by atomic mass is 10.2. The molecule has 27 heavy (non-hydrogen) atoms. The van der Waals surface area contributed by atoms with Crippen molar-refractivity contribution < 1.29 is 23.9 Å². The van der Waals surface area contributed by atoms with E-state index in [9.17, 15) is 19.2 Å². The first-order chi connectivity index (χ1) is 12.9. The molecule has 0 spiro atoms. The highest BCUT2D eigenvalue weighted by Gasteiger charge is 2.27. The molecule has 3 rings (SSSR count). The largest absolute Gasteiger partial charge is 0.456 e. The number of esters is 1. The van der Waals surface area contributed by atoms with Crippen molar-refractivity contribution in [2.45, 2.75) is 12.8 Å². The molecule has 0 bridgehead atoms. The van der Waals surface area contributed by atoms with E-state index in [-0.39, 0.29) is 31.1 Å². The number of carbonyl (C=O) groups excluding carboxylic acids is 4. The lowest BCUT2D eigenvalue weighted by molar-refractivity contribution is -0.147. The van der Waals surface area contributed by atoms with E-state index in [1.165, 1.54) is 4.90 Å². The Bertz CT molecular complexity index is 911. The van der Waals surface area contributed by atoms with Crippen molar-refractivity contribution in [3.05, 3.63) is 45.6 Å². The molecule has 1 aliphatic heterocycles. The lowest BCUT2D eigenvalue weighted by Gasteiger charge is -2.28. The number of benzene rings is 1. The summed E-state index contributed by atoms with van der Waals surface area (Å²) >= 11 is 6.92. The minimum atomic E-state index is -0.658. The first-order valence-electron chi connectivity index (χ1n) is 8.07. The highest BCUT2D eigenvalue weighted by Crippen LogP contribution is 2.29. The normalized spacial score (nSPS) is 12.9. The first-order valence-corrected chi connectivity index (χ1v) is 9.27. The molecule has 2 aromatic rings. The smallest absolute Gasteiger partial charge is 0.306 e. The summed E-state index contributed by atoms with van der Waals surface area (Å²) in [4.78, 5) is 49.6. The van der Waals surface area contributed by atoms with E-state index in [0.717, 1.165) is 11.3 Å². The summed E-state index contributed by atoms with van der Waals surface area (Å²) < 4.78 is 5.46. The number of carbonyl (C=O) groups is 4. The molecule has 2 amide bonds. The fraction of sp³-hybridized carbons (Fsp3) is 0.222. The number of thiophene rings is 1. The Morgan fingerprint density at radius 3 is 2.67 bits per heavy atom. The Labute approximate surface area is 163 Å². The van der Waals surface area contributed by atoms with Gasteiger partial charge in [0.05, 0.1) is 27.0 Å². The molecule has 2 heterocycles. The van der Waals surface area contributed by atoms with Gasteiger partial charge in [0.15, 0.2) is 12.4 Å². The van der Waals surface area contributed by atoms with Crippen molar-refractivity contribution in [3.8, 4) is 0 Å². The number of nitrogens with one attached hydrogen (secondary N) is 1. The van der Waals surface area contributed by atoms with Crippen molar-refractivity contribution in [2.24, 2.45) is 0 Å². The van der Waals surface area contributed by atoms with Gasteiger partial charge < -0.3 is 10.1 Å². The van der Waals surface area contributed by atoms with Gasteiger partial charge in [0.1, 0.15) is 6.54 Å². The third kappa shape index (κ3) is 4.72. The molecule has 0 saturated carbocycles. The molecular weight excluding hydrogens is 392 g/mol. The summed E-state index contributed by atoms with van der Waals surface area (Å²) in [7, 11) is 0. The summed E-state index contributed by atoms with van der Waals surface area (Å²) in [6, 6.07) is 10.1. The number of anilines is 2. The highest BCUT2D eigenvalue weighted by atomic mass is 35.5. The zero-order valence-corrected chi connectivity index (χ0v) is 15.6. The number of amides is 2. The number of hydrogen-bond donors (Lipinski definition) is 1. The van der Waals surface area contributed by atoms with Crippen LogP contribution in [0.1, 0.15) is 22.5 Å². The van der Waals surface area contributed by atoms with Gasteiger partial charge in [0.2, 0.25) is 5.91 Å². The number of ether oxygens (including phenoxy) is 1. The monoisotopic (exact) mass is 406 g/mol. The van der Waals surface area contributed by atoms with E-state index in [2.05, 4.69) is 5.32 Å². The maximum absolute atomic E-state index is 12.4. The summed E-state index contributed by atoms with van der Waals surface area (Å²) in [5.41, 5.74) is 1.07. The molecule has 0 unspecified atom stereocenters. The molecule has 1 aromatic heterocycles. The SMILES string of the molecule is O=C1CN(C(=O)COC(=O)CCC(=O)c2ccc(Cl)s2)c2ccccc2N1. The molecule has 1 aromatic carbocycles. The predicted octanol–water partition coefficient (Wildman–Crippen LogP) is 2.89.